The Morgan fingerprint density at radius 2 is 1.89 bits per heavy atom. The molecule has 0 saturated heterocycles. The Hall–Kier alpha value is -1.90. The fraction of sp³-hybridized carbons (Fsp3) is 0.267. The van der Waals surface area contributed by atoms with E-state index in [9.17, 15) is 4.39 Å². The largest absolute Gasteiger partial charge is 0.481 e. The van der Waals surface area contributed by atoms with Crippen LogP contribution in [0.5, 0.6) is 5.88 Å². The molecule has 0 fully saturated rings. The normalized spacial score (nSPS) is 10.7. The molecule has 0 saturated carbocycles. The molecule has 0 N–H and O–H groups in total. The number of ether oxygens (including phenoxy) is 1. The zero-order valence-corrected chi connectivity index (χ0v) is 10.8. The van der Waals surface area contributed by atoms with Crippen molar-refractivity contribution in [1.82, 2.24) is 4.98 Å². The molecule has 18 heavy (non-hydrogen) atoms. The number of pyridine rings is 1. The summed E-state index contributed by atoms with van der Waals surface area (Å²) in [7, 11) is 1.57. The van der Waals surface area contributed by atoms with Crippen molar-refractivity contribution in [2.24, 2.45) is 0 Å². The van der Waals surface area contributed by atoms with Crippen LogP contribution >= 0.6 is 0 Å². The number of methoxy groups -OCH3 is 1. The summed E-state index contributed by atoms with van der Waals surface area (Å²) in [5, 5.41) is 0. The molecule has 0 amide bonds. The van der Waals surface area contributed by atoms with Crippen molar-refractivity contribution >= 4 is 0 Å². The Labute approximate surface area is 106 Å². The van der Waals surface area contributed by atoms with E-state index in [1.165, 1.54) is 6.07 Å². The molecule has 0 bridgehead atoms. The Kier molecular flexibility index (Phi) is 3.60. The molecule has 0 unspecified atom stereocenters. The fourth-order valence-corrected chi connectivity index (χ4v) is 1.81. The van der Waals surface area contributed by atoms with Gasteiger partial charge in [0.15, 0.2) is 0 Å². The zero-order chi connectivity index (χ0) is 13.1. The van der Waals surface area contributed by atoms with Gasteiger partial charge in [-0.2, -0.15) is 0 Å². The van der Waals surface area contributed by atoms with Gasteiger partial charge in [0.2, 0.25) is 5.88 Å². The lowest BCUT2D eigenvalue weighted by Gasteiger charge is -2.09. The second-order valence-corrected chi connectivity index (χ2v) is 4.51. The zero-order valence-electron chi connectivity index (χ0n) is 10.8. The number of halogens is 1. The highest BCUT2D eigenvalue weighted by atomic mass is 19.1. The molecule has 0 aliphatic heterocycles. The molecule has 2 nitrogen and oxygen atoms in total. The number of rotatable bonds is 3. The molecule has 0 atom stereocenters. The molecule has 94 valence electrons. The van der Waals surface area contributed by atoms with E-state index in [4.69, 9.17) is 4.74 Å². The molecule has 1 aromatic heterocycles. The summed E-state index contributed by atoms with van der Waals surface area (Å²) in [6.07, 6.45) is 1.66. The number of aromatic nitrogens is 1. The van der Waals surface area contributed by atoms with Gasteiger partial charge in [-0.25, -0.2) is 9.37 Å². The third-order valence-electron chi connectivity index (χ3n) is 2.86. The first-order valence-electron chi connectivity index (χ1n) is 5.91. The molecule has 0 radical (unpaired) electrons. The van der Waals surface area contributed by atoms with Crippen molar-refractivity contribution in [1.29, 1.82) is 0 Å². The van der Waals surface area contributed by atoms with Crippen LogP contribution < -0.4 is 4.74 Å². The molecule has 2 rings (SSSR count). The summed E-state index contributed by atoms with van der Waals surface area (Å²) in [6, 6.07) is 8.76. The summed E-state index contributed by atoms with van der Waals surface area (Å²) in [5.41, 5.74) is 2.74. The highest BCUT2D eigenvalue weighted by Gasteiger charge is 2.07. The topological polar surface area (TPSA) is 22.1 Å². The fourth-order valence-electron chi connectivity index (χ4n) is 1.81. The minimum Gasteiger partial charge on any atom is -0.481 e. The average molecular weight is 245 g/mol. The monoisotopic (exact) mass is 245 g/mol. The third-order valence-corrected chi connectivity index (χ3v) is 2.86. The number of hydrogen-bond acceptors (Lipinski definition) is 2. The van der Waals surface area contributed by atoms with E-state index < -0.39 is 0 Å². The van der Waals surface area contributed by atoms with Crippen molar-refractivity contribution in [2.75, 3.05) is 7.11 Å². The quantitative estimate of drug-likeness (QED) is 0.814. The van der Waals surface area contributed by atoms with Crippen LogP contribution in [-0.2, 0) is 0 Å². The maximum absolute atomic E-state index is 13.6. The van der Waals surface area contributed by atoms with Crippen LogP contribution in [0.1, 0.15) is 25.3 Å². The van der Waals surface area contributed by atoms with Gasteiger partial charge in [-0.1, -0.05) is 19.9 Å². The second kappa shape index (κ2) is 5.17. The van der Waals surface area contributed by atoms with Crippen LogP contribution in [0.4, 0.5) is 4.39 Å². The van der Waals surface area contributed by atoms with Gasteiger partial charge >= 0.3 is 0 Å². The van der Waals surface area contributed by atoms with E-state index in [1.807, 2.05) is 26.0 Å². The van der Waals surface area contributed by atoms with Crippen molar-refractivity contribution < 1.29 is 9.13 Å². The summed E-state index contributed by atoms with van der Waals surface area (Å²) in [4.78, 5) is 4.05. The highest BCUT2D eigenvalue weighted by Crippen LogP contribution is 2.26. The minimum absolute atomic E-state index is 0.216. The first-order valence-corrected chi connectivity index (χ1v) is 5.91. The van der Waals surface area contributed by atoms with Gasteiger partial charge in [0.25, 0.3) is 0 Å². The van der Waals surface area contributed by atoms with Gasteiger partial charge in [-0.3, -0.25) is 0 Å². The lowest BCUT2D eigenvalue weighted by molar-refractivity contribution is 0.398. The molecule has 0 aliphatic carbocycles. The standard InChI is InChI=1S/C15H16FNO/c1-10(2)12-6-13(8-14(16)7-12)11-4-5-17-15(9-11)18-3/h4-10H,1-3H3. The lowest BCUT2D eigenvalue weighted by Crippen LogP contribution is -1.92. The van der Waals surface area contributed by atoms with Crippen molar-refractivity contribution in [3.63, 3.8) is 0 Å². The summed E-state index contributed by atoms with van der Waals surface area (Å²) in [5.74, 6) is 0.609. The van der Waals surface area contributed by atoms with Crippen LogP contribution in [0, 0.1) is 5.82 Å². The van der Waals surface area contributed by atoms with E-state index in [-0.39, 0.29) is 5.82 Å². The van der Waals surface area contributed by atoms with E-state index in [1.54, 1.807) is 25.4 Å². The Bertz CT molecular complexity index is 552. The first kappa shape index (κ1) is 12.6. The summed E-state index contributed by atoms with van der Waals surface area (Å²) < 4.78 is 18.7. The smallest absolute Gasteiger partial charge is 0.213 e. The highest BCUT2D eigenvalue weighted by molar-refractivity contribution is 5.65. The van der Waals surface area contributed by atoms with Gasteiger partial charge in [0.1, 0.15) is 5.82 Å². The average Bonchev–Trinajstić information content (AvgIpc) is 2.38. The number of nitrogens with zero attached hydrogens (tertiary/aromatic N) is 1. The van der Waals surface area contributed by atoms with Crippen LogP contribution in [0.3, 0.4) is 0 Å². The minimum atomic E-state index is -0.216. The Morgan fingerprint density at radius 1 is 1.11 bits per heavy atom. The van der Waals surface area contributed by atoms with Gasteiger partial charge < -0.3 is 4.74 Å². The lowest BCUT2D eigenvalue weighted by atomic mass is 9.97. The molecular weight excluding hydrogens is 229 g/mol. The van der Waals surface area contributed by atoms with Crippen LogP contribution in [0.2, 0.25) is 0 Å². The van der Waals surface area contributed by atoms with Crippen LogP contribution in [0.25, 0.3) is 11.1 Å². The van der Waals surface area contributed by atoms with E-state index in [2.05, 4.69) is 4.98 Å². The first-order chi connectivity index (χ1) is 8.60. The van der Waals surface area contributed by atoms with E-state index in [0.29, 0.717) is 11.8 Å². The molecule has 0 aliphatic rings. The van der Waals surface area contributed by atoms with Gasteiger partial charge in [-0.05, 0) is 40.8 Å². The molecule has 1 heterocycles. The van der Waals surface area contributed by atoms with E-state index in [0.717, 1.165) is 16.7 Å². The molecule has 2 aromatic rings. The predicted octanol–water partition coefficient (Wildman–Crippen LogP) is 4.02. The van der Waals surface area contributed by atoms with E-state index >= 15 is 0 Å². The number of hydrogen-bond donors (Lipinski definition) is 0. The number of benzene rings is 1. The summed E-state index contributed by atoms with van der Waals surface area (Å²) >= 11 is 0. The summed E-state index contributed by atoms with van der Waals surface area (Å²) in [6.45, 7) is 4.09. The molecule has 1 aromatic carbocycles. The second-order valence-electron chi connectivity index (χ2n) is 4.51. The molecule has 0 spiro atoms. The van der Waals surface area contributed by atoms with Gasteiger partial charge in [0.05, 0.1) is 7.11 Å². The SMILES string of the molecule is COc1cc(-c2cc(F)cc(C(C)C)c2)ccn1. The van der Waals surface area contributed by atoms with Gasteiger partial charge in [-0.15, -0.1) is 0 Å². The third kappa shape index (κ3) is 2.67. The van der Waals surface area contributed by atoms with Crippen molar-refractivity contribution in [3.8, 4) is 17.0 Å². The Balaban J connectivity index is 2.49. The predicted molar refractivity (Wildman–Crippen MR) is 70.3 cm³/mol. The maximum Gasteiger partial charge on any atom is 0.213 e. The van der Waals surface area contributed by atoms with Crippen LogP contribution in [-0.4, -0.2) is 12.1 Å². The van der Waals surface area contributed by atoms with Crippen molar-refractivity contribution in [2.45, 2.75) is 19.8 Å². The van der Waals surface area contributed by atoms with Crippen molar-refractivity contribution in [3.05, 3.63) is 47.9 Å². The Morgan fingerprint density at radius 3 is 2.56 bits per heavy atom. The maximum atomic E-state index is 13.6. The van der Waals surface area contributed by atoms with Crippen LogP contribution in [0.15, 0.2) is 36.5 Å². The molecular formula is C15H16FNO. The molecule has 3 heteroatoms. The van der Waals surface area contributed by atoms with Gasteiger partial charge in [0, 0.05) is 12.3 Å².